The highest BCUT2D eigenvalue weighted by molar-refractivity contribution is 5.69. The Morgan fingerprint density at radius 2 is 2.00 bits per heavy atom. The fourth-order valence-corrected chi connectivity index (χ4v) is 0.887. The van der Waals surface area contributed by atoms with Gasteiger partial charge in [0, 0.05) is 13.7 Å². The summed E-state index contributed by atoms with van der Waals surface area (Å²) in [5.41, 5.74) is 0. The quantitative estimate of drug-likeness (QED) is 0.683. The van der Waals surface area contributed by atoms with Gasteiger partial charge in [-0.15, -0.1) is 0 Å². The van der Waals surface area contributed by atoms with Crippen molar-refractivity contribution < 1.29 is 24.2 Å². The van der Waals surface area contributed by atoms with Gasteiger partial charge in [0.2, 0.25) is 0 Å². The van der Waals surface area contributed by atoms with Crippen molar-refractivity contribution in [3.63, 3.8) is 0 Å². The van der Waals surface area contributed by atoms with Gasteiger partial charge < -0.3 is 19.9 Å². The maximum absolute atomic E-state index is 11.0. The number of aliphatic carboxylic acids is 1. The second kappa shape index (κ2) is 7.05. The molecule has 0 aromatic rings. The molecule has 6 nitrogen and oxygen atoms in total. The maximum Gasteiger partial charge on any atom is 0.407 e. The second-order valence-electron chi connectivity index (χ2n) is 3.29. The van der Waals surface area contributed by atoms with E-state index >= 15 is 0 Å². The third kappa shape index (κ3) is 7.75. The molecule has 6 heteroatoms. The van der Waals surface area contributed by atoms with E-state index in [0.717, 1.165) is 0 Å². The van der Waals surface area contributed by atoms with Gasteiger partial charge in [-0.3, -0.25) is 4.79 Å². The van der Waals surface area contributed by atoms with Gasteiger partial charge in [0.25, 0.3) is 0 Å². The summed E-state index contributed by atoms with van der Waals surface area (Å²) in [4.78, 5) is 21.4. The number of carboxylic acid groups (broad SMARTS) is 1. The summed E-state index contributed by atoms with van der Waals surface area (Å²) >= 11 is 0. The fourth-order valence-electron chi connectivity index (χ4n) is 0.887. The van der Waals surface area contributed by atoms with Gasteiger partial charge in [-0.25, -0.2) is 4.79 Å². The van der Waals surface area contributed by atoms with E-state index in [4.69, 9.17) is 14.6 Å². The first kappa shape index (κ1) is 13.7. The van der Waals surface area contributed by atoms with Crippen molar-refractivity contribution in [3.8, 4) is 0 Å². The molecule has 0 aromatic heterocycles. The van der Waals surface area contributed by atoms with Crippen LogP contribution in [0.3, 0.4) is 0 Å². The van der Waals surface area contributed by atoms with E-state index in [2.05, 4.69) is 5.32 Å². The highest BCUT2D eigenvalue weighted by Gasteiger charge is 2.14. The first-order valence-corrected chi connectivity index (χ1v) is 4.64. The first-order chi connectivity index (χ1) is 6.95. The minimum atomic E-state index is -0.971. The Morgan fingerprint density at radius 1 is 1.40 bits per heavy atom. The Kier molecular flexibility index (Phi) is 6.44. The van der Waals surface area contributed by atoms with Crippen LogP contribution in [0.5, 0.6) is 0 Å². The molecule has 0 heterocycles. The van der Waals surface area contributed by atoms with Crippen LogP contribution >= 0.6 is 0 Å². The third-order valence-electron chi connectivity index (χ3n) is 1.55. The maximum atomic E-state index is 11.0. The number of nitrogens with one attached hydrogen (secondary N) is 1. The number of amides is 1. The van der Waals surface area contributed by atoms with Crippen LogP contribution in [0.2, 0.25) is 0 Å². The Hall–Kier alpha value is -1.30. The highest BCUT2D eigenvalue weighted by atomic mass is 16.6. The summed E-state index contributed by atoms with van der Waals surface area (Å²) in [6.45, 7) is 3.57. The second-order valence-corrected chi connectivity index (χ2v) is 3.29. The molecular weight excluding hydrogens is 202 g/mol. The molecule has 15 heavy (non-hydrogen) atoms. The van der Waals surface area contributed by atoms with E-state index in [1.807, 2.05) is 0 Å². The van der Waals surface area contributed by atoms with Gasteiger partial charge in [-0.1, -0.05) is 0 Å². The SMILES string of the molecule is COC(CNC(=O)OC(C)C)CC(=O)O. The van der Waals surface area contributed by atoms with Crippen molar-refractivity contribution in [1.29, 1.82) is 0 Å². The number of carboxylic acids is 1. The van der Waals surface area contributed by atoms with Crippen LogP contribution < -0.4 is 5.32 Å². The molecule has 0 saturated carbocycles. The largest absolute Gasteiger partial charge is 0.481 e. The van der Waals surface area contributed by atoms with E-state index in [9.17, 15) is 9.59 Å². The average Bonchev–Trinajstić information content (AvgIpc) is 2.10. The molecule has 2 N–H and O–H groups in total. The topological polar surface area (TPSA) is 84.9 Å². The Labute approximate surface area is 88.6 Å². The van der Waals surface area contributed by atoms with Crippen LogP contribution in [0.15, 0.2) is 0 Å². The van der Waals surface area contributed by atoms with Crippen LogP contribution in [-0.2, 0) is 14.3 Å². The predicted octanol–water partition coefficient (Wildman–Crippen LogP) is 0.611. The zero-order chi connectivity index (χ0) is 11.8. The lowest BCUT2D eigenvalue weighted by molar-refractivity contribution is -0.139. The van der Waals surface area contributed by atoms with Crippen LogP contribution in [0, 0.1) is 0 Å². The van der Waals surface area contributed by atoms with Crippen molar-refractivity contribution in [3.05, 3.63) is 0 Å². The lowest BCUT2D eigenvalue weighted by Gasteiger charge is -2.14. The van der Waals surface area contributed by atoms with Crippen LogP contribution in [-0.4, -0.2) is 43.0 Å². The molecule has 0 aliphatic rings. The van der Waals surface area contributed by atoms with Gasteiger partial charge in [-0.05, 0) is 13.8 Å². The summed E-state index contributed by atoms with van der Waals surface area (Å²) < 4.78 is 9.66. The van der Waals surface area contributed by atoms with E-state index in [-0.39, 0.29) is 19.1 Å². The lowest BCUT2D eigenvalue weighted by atomic mass is 10.2. The monoisotopic (exact) mass is 219 g/mol. The normalized spacial score (nSPS) is 12.3. The fraction of sp³-hybridized carbons (Fsp3) is 0.778. The standard InChI is InChI=1S/C9H17NO5/c1-6(2)15-9(13)10-5-7(14-3)4-8(11)12/h6-7H,4-5H2,1-3H3,(H,10,13)(H,11,12). The summed E-state index contributed by atoms with van der Waals surface area (Å²) in [5, 5.41) is 10.9. The molecule has 1 atom stereocenters. The number of carbonyl (C=O) groups is 2. The molecule has 88 valence electrons. The minimum Gasteiger partial charge on any atom is -0.481 e. The number of alkyl carbamates (subject to hydrolysis) is 1. The van der Waals surface area contributed by atoms with Crippen LogP contribution in [0.4, 0.5) is 4.79 Å². The molecule has 0 radical (unpaired) electrons. The van der Waals surface area contributed by atoms with Gasteiger partial charge in [0.1, 0.15) is 0 Å². The Morgan fingerprint density at radius 3 is 2.40 bits per heavy atom. The van der Waals surface area contributed by atoms with E-state index in [1.165, 1.54) is 7.11 Å². The summed E-state index contributed by atoms with van der Waals surface area (Å²) in [5.74, 6) is -0.971. The average molecular weight is 219 g/mol. The molecular formula is C9H17NO5. The van der Waals surface area contributed by atoms with Crippen molar-refractivity contribution in [2.45, 2.75) is 32.5 Å². The van der Waals surface area contributed by atoms with Crippen molar-refractivity contribution in [2.75, 3.05) is 13.7 Å². The highest BCUT2D eigenvalue weighted by Crippen LogP contribution is 1.96. The number of rotatable bonds is 6. The first-order valence-electron chi connectivity index (χ1n) is 4.64. The molecule has 0 bridgehead atoms. The number of methoxy groups -OCH3 is 1. The molecule has 0 aliphatic heterocycles. The van der Waals surface area contributed by atoms with E-state index in [1.54, 1.807) is 13.8 Å². The van der Waals surface area contributed by atoms with Crippen molar-refractivity contribution in [2.24, 2.45) is 0 Å². The number of hydrogen-bond acceptors (Lipinski definition) is 4. The summed E-state index contributed by atoms with van der Waals surface area (Å²) in [6.07, 6.45) is -1.47. The summed E-state index contributed by atoms with van der Waals surface area (Å²) in [6, 6.07) is 0. The molecule has 0 saturated heterocycles. The zero-order valence-corrected chi connectivity index (χ0v) is 9.15. The molecule has 0 aromatic carbocycles. The van der Waals surface area contributed by atoms with Crippen LogP contribution in [0.25, 0.3) is 0 Å². The summed E-state index contributed by atoms with van der Waals surface area (Å²) in [7, 11) is 1.39. The van der Waals surface area contributed by atoms with Crippen molar-refractivity contribution >= 4 is 12.1 Å². The van der Waals surface area contributed by atoms with Crippen molar-refractivity contribution in [1.82, 2.24) is 5.32 Å². The number of hydrogen-bond donors (Lipinski definition) is 2. The smallest absolute Gasteiger partial charge is 0.407 e. The number of carbonyl (C=O) groups excluding carboxylic acids is 1. The predicted molar refractivity (Wildman–Crippen MR) is 52.7 cm³/mol. The van der Waals surface area contributed by atoms with Gasteiger partial charge in [0.15, 0.2) is 0 Å². The van der Waals surface area contributed by atoms with E-state index < -0.39 is 18.2 Å². The van der Waals surface area contributed by atoms with Gasteiger partial charge in [0.05, 0.1) is 18.6 Å². The van der Waals surface area contributed by atoms with Gasteiger partial charge in [-0.2, -0.15) is 0 Å². The molecule has 0 aliphatic carbocycles. The van der Waals surface area contributed by atoms with Crippen LogP contribution in [0.1, 0.15) is 20.3 Å². The van der Waals surface area contributed by atoms with E-state index in [0.29, 0.717) is 0 Å². The number of ether oxygens (including phenoxy) is 2. The Balaban J connectivity index is 3.79. The molecule has 1 amide bonds. The molecule has 0 spiro atoms. The lowest BCUT2D eigenvalue weighted by Crippen LogP contribution is -2.35. The Bertz CT molecular complexity index is 217. The molecule has 1 unspecified atom stereocenters. The zero-order valence-electron chi connectivity index (χ0n) is 9.15. The van der Waals surface area contributed by atoms with Gasteiger partial charge >= 0.3 is 12.1 Å². The third-order valence-corrected chi connectivity index (χ3v) is 1.55. The molecule has 0 fully saturated rings. The molecule has 0 rings (SSSR count). The minimum absolute atomic E-state index is 0.119.